The average Bonchev–Trinajstić information content (AvgIpc) is 2.48. The minimum Gasteiger partial charge on any atom is -0.394 e. The molecule has 0 aromatic heterocycles. The molecule has 0 radical (unpaired) electrons. The maximum Gasteiger partial charge on any atom is 0.111 e. The smallest absolute Gasteiger partial charge is 0.111 e. The Morgan fingerprint density at radius 1 is 0.913 bits per heavy atom. The zero-order valence-corrected chi connectivity index (χ0v) is 13.6. The number of nitrogens with zero attached hydrogens (tertiary/aromatic N) is 2. The molecule has 4 aliphatic rings. The normalized spacial score (nSPS) is 50.6. The molecule has 0 amide bonds. The Kier molecular flexibility index (Phi) is 4.26. The fourth-order valence-electron chi connectivity index (χ4n) is 5.01. The van der Waals surface area contributed by atoms with E-state index in [1.165, 1.54) is 0 Å². The molecule has 0 spiro atoms. The first kappa shape index (κ1) is 17.5. The lowest BCUT2D eigenvalue weighted by molar-refractivity contribution is -0.277. The van der Waals surface area contributed by atoms with E-state index in [-0.39, 0.29) is 10.8 Å². The van der Waals surface area contributed by atoms with Gasteiger partial charge >= 0.3 is 0 Å². The van der Waals surface area contributed by atoms with Crippen molar-refractivity contribution in [2.24, 2.45) is 10.8 Å². The van der Waals surface area contributed by atoms with Gasteiger partial charge in [-0.15, -0.1) is 0 Å². The molecule has 4 unspecified atom stereocenters. The second kappa shape index (κ2) is 5.60. The zero-order chi connectivity index (χ0) is 17.2. The summed E-state index contributed by atoms with van der Waals surface area (Å²) in [6, 6.07) is 0. The van der Waals surface area contributed by atoms with E-state index in [1.54, 1.807) is 0 Å². The molecule has 4 heterocycles. The first-order valence-electron chi connectivity index (χ1n) is 8.12. The average molecular weight is 332 g/mol. The lowest BCUT2D eigenvalue weighted by Crippen LogP contribution is -2.81. The van der Waals surface area contributed by atoms with Gasteiger partial charge in [-0.2, -0.15) is 0 Å². The quantitative estimate of drug-likeness (QED) is 0.310. The van der Waals surface area contributed by atoms with Crippen molar-refractivity contribution in [1.29, 1.82) is 0 Å². The lowest BCUT2D eigenvalue weighted by atomic mass is 9.60. The van der Waals surface area contributed by atoms with Crippen LogP contribution in [0.15, 0.2) is 0 Å². The minimum atomic E-state index is -1.62. The van der Waals surface area contributed by atoms with Crippen LogP contribution in [-0.4, -0.2) is 110 Å². The van der Waals surface area contributed by atoms with Crippen molar-refractivity contribution < 1.29 is 30.6 Å². The van der Waals surface area contributed by atoms with Gasteiger partial charge < -0.3 is 30.6 Å². The van der Waals surface area contributed by atoms with E-state index in [0.717, 1.165) is 0 Å². The van der Waals surface area contributed by atoms with Crippen LogP contribution in [-0.2, 0) is 0 Å². The lowest BCUT2D eigenvalue weighted by Gasteiger charge is -2.68. The van der Waals surface area contributed by atoms with E-state index in [9.17, 15) is 25.5 Å². The van der Waals surface area contributed by atoms with Crippen LogP contribution in [0.5, 0.6) is 0 Å². The Balaban J connectivity index is 1.78. The third-order valence-electron chi connectivity index (χ3n) is 5.91. The molecule has 4 fully saturated rings. The molecule has 4 bridgehead atoms. The number of hydrogen-bond donors (Lipinski definition) is 6. The molecule has 0 aliphatic carbocycles. The van der Waals surface area contributed by atoms with Crippen LogP contribution in [0.1, 0.15) is 13.8 Å². The van der Waals surface area contributed by atoms with E-state index in [4.69, 9.17) is 5.11 Å². The van der Waals surface area contributed by atoms with E-state index in [0.29, 0.717) is 26.2 Å². The van der Waals surface area contributed by atoms with Gasteiger partial charge in [-0.05, 0) is 0 Å². The summed E-state index contributed by atoms with van der Waals surface area (Å²) in [6.07, 6.45) is -6.85. The van der Waals surface area contributed by atoms with Crippen molar-refractivity contribution in [3.8, 4) is 0 Å². The van der Waals surface area contributed by atoms with Crippen molar-refractivity contribution in [2.75, 3.05) is 32.8 Å². The molecule has 6 N–H and O–H groups in total. The van der Waals surface area contributed by atoms with Crippen molar-refractivity contribution in [2.45, 2.75) is 50.5 Å². The summed E-state index contributed by atoms with van der Waals surface area (Å²) in [5, 5.41) is 59.6. The molecule has 4 aliphatic heterocycles. The van der Waals surface area contributed by atoms with Crippen molar-refractivity contribution >= 4 is 0 Å². The number of piperidine rings is 2. The molecular formula is C15H28N2O6. The van der Waals surface area contributed by atoms with E-state index in [1.807, 2.05) is 23.6 Å². The van der Waals surface area contributed by atoms with Crippen LogP contribution in [0.25, 0.3) is 0 Å². The van der Waals surface area contributed by atoms with Gasteiger partial charge in [-0.3, -0.25) is 9.80 Å². The molecule has 23 heavy (non-hydrogen) atoms. The summed E-state index contributed by atoms with van der Waals surface area (Å²) < 4.78 is 0. The molecule has 0 aromatic carbocycles. The monoisotopic (exact) mass is 332 g/mol. The second-order valence-electron chi connectivity index (χ2n) is 8.16. The fraction of sp³-hybridized carbons (Fsp3) is 1.00. The maximum absolute atomic E-state index is 10.6. The summed E-state index contributed by atoms with van der Waals surface area (Å²) in [6.45, 7) is 5.78. The Bertz CT molecular complexity index is 425. The molecule has 4 saturated heterocycles. The largest absolute Gasteiger partial charge is 0.394 e. The van der Waals surface area contributed by atoms with E-state index < -0.39 is 43.3 Å². The van der Waals surface area contributed by atoms with Crippen LogP contribution < -0.4 is 0 Å². The highest BCUT2D eigenvalue weighted by atomic mass is 16.4. The summed E-state index contributed by atoms with van der Waals surface area (Å²) in [7, 11) is 0. The highest BCUT2D eigenvalue weighted by Crippen LogP contribution is 2.51. The van der Waals surface area contributed by atoms with Crippen LogP contribution in [0.3, 0.4) is 0 Å². The molecule has 8 heteroatoms. The summed E-state index contributed by atoms with van der Waals surface area (Å²) >= 11 is 0. The van der Waals surface area contributed by atoms with Gasteiger partial charge in [0.05, 0.1) is 18.9 Å². The number of rotatable bonds is 5. The van der Waals surface area contributed by atoms with Crippen LogP contribution in [0, 0.1) is 10.8 Å². The van der Waals surface area contributed by atoms with Gasteiger partial charge in [0.2, 0.25) is 0 Å². The Morgan fingerprint density at radius 2 is 1.35 bits per heavy atom. The second-order valence-corrected chi connectivity index (χ2v) is 8.16. The minimum absolute atomic E-state index is 0.282. The predicted octanol–water partition coefficient (Wildman–Crippen LogP) is -3.23. The first-order chi connectivity index (χ1) is 10.6. The third-order valence-corrected chi connectivity index (χ3v) is 5.91. The van der Waals surface area contributed by atoms with Crippen LogP contribution in [0.4, 0.5) is 0 Å². The third kappa shape index (κ3) is 2.52. The highest BCUT2D eigenvalue weighted by molar-refractivity contribution is 5.14. The van der Waals surface area contributed by atoms with Crippen molar-refractivity contribution in [3.05, 3.63) is 0 Å². The molecular weight excluding hydrogens is 304 g/mol. The first-order valence-corrected chi connectivity index (χ1v) is 8.12. The van der Waals surface area contributed by atoms with E-state index in [2.05, 4.69) is 0 Å². The van der Waals surface area contributed by atoms with E-state index >= 15 is 0 Å². The van der Waals surface area contributed by atoms with Crippen molar-refractivity contribution in [3.63, 3.8) is 0 Å². The maximum atomic E-state index is 10.6. The fourth-order valence-corrected chi connectivity index (χ4v) is 5.01. The number of hydrogen-bond acceptors (Lipinski definition) is 8. The SMILES string of the molecule is CC12CN3CC(C)(CN(C1)C3C(O)C(O)C(O)C(O)CO)C2O. The molecule has 134 valence electrons. The van der Waals surface area contributed by atoms with Gasteiger partial charge in [-0.1, -0.05) is 13.8 Å². The molecule has 0 aromatic rings. The Hall–Kier alpha value is -0.320. The number of aliphatic hydroxyl groups is 6. The molecule has 4 rings (SSSR count). The van der Waals surface area contributed by atoms with Gasteiger partial charge in [0.25, 0.3) is 0 Å². The standard InChI is InChI=1S/C15H28N2O6/c1-14-4-16-6-15(2,13(14)23)7-17(5-14)12(16)11(22)10(21)9(20)8(19)3-18/h8-13,18-23H,3-7H2,1-2H3. The van der Waals surface area contributed by atoms with Crippen molar-refractivity contribution in [1.82, 2.24) is 9.80 Å². The Morgan fingerprint density at radius 3 is 1.74 bits per heavy atom. The number of aliphatic hydroxyl groups excluding tert-OH is 6. The summed E-state index contributed by atoms with van der Waals surface area (Å²) in [5.41, 5.74) is -0.564. The highest BCUT2D eigenvalue weighted by Gasteiger charge is 2.63. The van der Waals surface area contributed by atoms with Crippen LogP contribution >= 0.6 is 0 Å². The van der Waals surface area contributed by atoms with Crippen LogP contribution in [0.2, 0.25) is 0 Å². The van der Waals surface area contributed by atoms with Gasteiger partial charge in [0.15, 0.2) is 0 Å². The zero-order valence-electron chi connectivity index (χ0n) is 13.6. The van der Waals surface area contributed by atoms with Gasteiger partial charge in [-0.25, -0.2) is 0 Å². The summed E-state index contributed by atoms with van der Waals surface area (Å²) in [5.74, 6) is 0. The Labute approximate surface area is 135 Å². The molecule has 4 atom stereocenters. The molecule has 8 nitrogen and oxygen atoms in total. The van der Waals surface area contributed by atoms with Gasteiger partial charge in [0, 0.05) is 37.0 Å². The topological polar surface area (TPSA) is 128 Å². The summed E-state index contributed by atoms with van der Waals surface area (Å²) in [4.78, 5) is 4.07. The predicted molar refractivity (Wildman–Crippen MR) is 80.3 cm³/mol. The molecule has 0 saturated carbocycles. The van der Waals surface area contributed by atoms with Gasteiger partial charge in [0.1, 0.15) is 24.4 Å².